The van der Waals surface area contributed by atoms with Crippen molar-refractivity contribution in [3.63, 3.8) is 0 Å². The van der Waals surface area contributed by atoms with Crippen molar-refractivity contribution in [2.24, 2.45) is 5.73 Å². The minimum atomic E-state index is -0.931. The van der Waals surface area contributed by atoms with Gasteiger partial charge in [0.1, 0.15) is 0 Å². The number of carbonyl (C=O) groups is 1. The molecule has 7 nitrogen and oxygen atoms in total. The summed E-state index contributed by atoms with van der Waals surface area (Å²) in [6, 6.07) is -0.568. The molecule has 0 aromatic carbocycles. The summed E-state index contributed by atoms with van der Waals surface area (Å²) in [5.74, 6) is -0.302. The van der Waals surface area contributed by atoms with E-state index >= 15 is 0 Å². The van der Waals surface area contributed by atoms with E-state index in [0.29, 0.717) is 24.7 Å². The van der Waals surface area contributed by atoms with Gasteiger partial charge in [-0.05, 0) is 0 Å². The minimum absolute atomic E-state index is 0.125. The fourth-order valence-electron chi connectivity index (χ4n) is 1.76. The van der Waals surface area contributed by atoms with Crippen molar-refractivity contribution in [1.82, 2.24) is 9.97 Å². The Morgan fingerprint density at radius 3 is 2.61 bits per heavy atom. The summed E-state index contributed by atoms with van der Waals surface area (Å²) >= 11 is 0. The number of nitrogens with two attached hydrogens (primary N) is 1. The van der Waals surface area contributed by atoms with Crippen LogP contribution < -0.4 is 10.6 Å². The zero-order valence-electron chi connectivity index (χ0n) is 9.95. The van der Waals surface area contributed by atoms with Crippen LogP contribution in [0.5, 0.6) is 0 Å². The number of aliphatic carboxylic acids is 1. The van der Waals surface area contributed by atoms with Crippen LogP contribution in [-0.2, 0) is 9.53 Å². The molecule has 1 aromatic rings. The standard InChI is InChI=1S/C11H16N4O3/c12-9(5-10(16)17)8-6-13-11(14-7-8)15-1-3-18-4-2-15/h6-7,9H,1-5,12H2,(H,16,17). The average molecular weight is 252 g/mol. The third-order valence-corrected chi connectivity index (χ3v) is 2.77. The molecule has 2 rings (SSSR count). The molecule has 98 valence electrons. The number of rotatable bonds is 4. The van der Waals surface area contributed by atoms with E-state index in [2.05, 4.69) is 9.97 Å². The smallest absolute Gasteiger partial charge is 0.305 e. The summed E-state index contributed by atoms with van der Waals surface area (Å²) in [5, 5.41) is 8.66. The number of ether oxygens (including phenoxy) is 1. The lowest BCUT2D eigenvalue weighted by Crippen LogP contribution is -2.37. The highest BCUT2D eigenvalue weighted by atomic mass is 16.5. The highest BCUT2D eigenvalue weighted by Gasteiger charge is 2.15. The molecule has 0 bridgehead atoms. The first-order valence-electron chi connectivity index (χ1n) is 5.79. The molecule has 0 spiro atoms. The first kappa shape index (κ1) is 12.7. The largest absolute Gasteiger partial charge is 0.481 e. The average Bonchev–Trinajstić information content (AvgIpc) is 2.39. The third kappa shape index (κ3) is 3.14. The van der Waals surface area contributed by atoms with Crippen molar-refractivity contribution in [2.75, 3.05) is 31.2 Å². The van der Waals surface area contributed by atoms with E-state index < -0.39 is 12.0 Å². The Bertz CT molecular complexity index is 403. The molecule has 1 aliphatic rings. The van der Waals surface area contributed by atoms with Crippen LogP contribution in [0.4, 0.5) is 5.95 Å². The maximum absolute atomic E-state index is 10.6. The second-order valence-corrected chi connectivity index (χ2v) is 4.12. The highest BCUT2D eigenvalue weighted by molar-refractivity contribution is 5.67. The molecule has 2 heterocycles. The predicted octanol–water partition coefficient (Wildman–Crippen LogP) is -0.212. The summed E-state index contributed by atoms with van der Waals surface area (Å²) in [6.07, 6.45) is 3.05. The Hall–Kier alpha value is -1.73. The van der Waals surface area contributed by atoms with E-state index in [9.17, 15) is 4.79 Å². The fraction of sp³-hybridized carbons (Fsp3) is 0.545. The number of morpholine rings is 1. The molecule has 1 saturated heterocycles. The van der Waals surface area contributed by atoms with Gasteiger partial charge in [-0.1, -0.05) is 0 Å². The molecule has 18 heavy (non-hydrogen) atoms. The van der Waals surface area contributed by atoms with E-state index in [-0.39, 0.29) is 6.42 Å². The Labute approximate surface area is 105 Å². The van der Waals surface area contributed by atoms with Crippen molar-refractivity contribution in [2.45, 2.75) is 12.5 Å². The van der Waals surface area contributed by atoms with Crippen LogP contribution >= 0.6 is 0 Å². The summed E-state index contributed by atoms with van der Waals surface area (Å²) in [5.41, 5.74) is 6.36. The number of hydrogen-bond acceptors (Lipinski definition) is 6. The van der Waals surface area contributed by atoms with Crippen LogP contribution in [0.2, 0.25) is 0 Å². The Morgan fingerprint density at radius 1 is 1.44 bits per heavy atom. The molecule has 7 heteroatoms. The van der Waals surface area contributed by atoms with Gasteiger partial charge in [0.2, 0.25) is 5.95 Å². The maximum Gasteiger partial charge on any atom is 0.305 e. The van der Waals surface area contributed by atoms with Gasteiger partial charge in [-0.25, -0.2) is 9.97 Å². The monoisotopic (exact) mass is 252 g/mol. The second-order valence-electron chi connectivity index (χ2n) is 4.12. The zero-order chi connectivity index (χ0) is 13.0. The second kappa shape index (κ2) is 5.74. The molecule has 1 atom stereocenters. The lowest BCUT2D eigenvalue weighted by Gasteiger charge is -2.26. The van der Waals surface area contributed by atoms with Crippen molar-refractivity contribution in [3.8, 4) is 0 Å². The van der Waals surface area contributed by atoms with Crippen LogP contribution in [-0.4, -0.2) is 47.3 Å². The summed E-state index contributed by atoms with van der Waals surface area (Å²) in [6.45, 7) is 2.87. The van der Waals surface area contributed by atoms with Crippen molar-refractivity contribution in [3.05, 3.63) is 18.0 Å². The van der Waals surface area contributed by atoms with Gasteiger partial charge in [-0.2, -0.15) is 0 Å². The Balaban J connectivity index is 2.02. The van der Waals surface area contributed by atoms with E-state index in [0.717, 1.165) is 13.1 Å². The zero-order valence-corrected chi connectivity index (χ0v) is 9.95. The highest BCUT2D eigenvalue weighted by Crippen LogP contribution is 2.15. The molecular formula is C11H16N4O3. The van der Waals surface area contributed by atoms with Gasteiger partial charge in [0.15, 0.2) is 0 Å². The SMILES string of the molecule is NC(CC(=O)O)c1cnc(N2CCOCC2)nc1. The lowest BCUT2D eigenvalue weighted by atomic mass is 10.1. The van der Waals surface area contributed by atoms with E-state index in [1.165, 1.54) is 0 Å². The van der Waals surface area contributed by atoms with Gasteiger partial charge in [0, 0.05) is 37.1 Å². The van der Waals surface area contributed by atoms with Crippen LogP contribution in [0.1, 0.15) is 18.0 Å². The molecule has 0 amide bonds. The van der Waals surface area contributed by atoms with Gasteiger partial charge in [0.25, 0.3) is 0 Å². The topological polar surface area (TPSA) is 102 Å². The molecule has 3 N–H and O–H groups in total. The number of carboxylic acids is 1. The quantitative estimate of drug-likeness (QED) is 0.764. The predicted molar refractivity (Wildman–Crippen MR) is 64.2 cm³/mol. The first-order valence-corrected chi connectivity index (χ1v) is 5.79. The van der Waals surface area contributed by atoms with E-state index in [4.69, 9.17) is 15.6 Å². The lowest BCUT2D eigenvalue weighted by molar-refractivity contribution is -0.137. The van der Waals surface area contributed by atoms with Crippen molar-refractivity contribution in [1.29, 1.82) is 0 Å². The van der Waals surface area contributed by atoms with Crippen molar-refractivity contribution < 1.29 is 14.6 Å². The van der Waals surface area contributed by atoms with E-state index in [1.807, 2.05) is 4.90 Å². The first-order chi connectivity index (χ1) is 8.66. The number of carboxylic acid groups (broad SMARTS) is 1. The van der Waals surface area contributed by atoms with Crippen LogP contribution in [0.3, 0.4) is 0 Å². The molecule has 1 unspecified atom stereocenters. The third-order valence-electron chi connectivity index (χ3n) is 2.77. The maximum atomic E-state index is 10.6. The number of aromatic nitrogens is 2. The molecule has 0 saturated carbocycles. The van der Waals surface area contributed by atoms with Gasteiger partial charge in [0.05, 0.1) is 19.6 Å². The molecule has 1 aliphatic heterocycles. The summed E-state index contributed by atoms with van der Waals surface area (Å²) in [4.78, 5) is 21.0. The normalized spacial score (nSPS) is 17.5. The summed E-state index contributed by atoms with van der Waals surface area (Å²) in [7, 11) is 0. The van der Waals surface area contributed by atoms with E-state index in [1.54, 1.807) is 12.4 Å². The number of hydrogen-bond donors (Lipinski definition) is 2. The molecule has 1 fully saturated rings. The molecule has 1 aromatic heterocycles. The molecule has 0 aliphatic carbocycles. The van der Waals surface area contributed by atoms with Gasteiger partial charge < -0.3 is 20.5 Å². The van der Waals surface area contributed by atoms with Gasteiger partial charge in [-0.15, -0.1) is 0 Å². The Kier molecular flexibility index (Phi) is 4.06. The van der Waals surface area contributed by atoms with Crippen LogP contribution in [0.25, 0.3) is 0 Å². The van der Waals surface area contributed by atoms with Crippen LogP contribution in [0.15, 0.2) is 12.4 Å². The van der Waals surface area contributed by atoms with Crippen molar-refractivity contribution >= 4 is 11.9 Å². The minimum Gasteiger partial charge on any atom is -0.481 e. The molecular weight excluding hydrogens is 236 g/mol. The van der Waals surface area contributed by atoms with Gasteiger partial charge >= 0.3 is 5.97 Å². The summed E-state index contributed by atoms with van der Waals surface area (Å²) < 4.78 is 5.24. The number of anilines is 1. The Morgan fingerprint density at radius 2 is 2.06 bits per heavy atom. The van der Waals surface area contributed by atoms with Crippen LogP contribution in [0, 0.1) is 0 Å². The fourth-order valence-corrected chi connectivity index (χ4v) is 1.76. The van der Waals surface area contributed by atoms with Gasteiger partial charge in [-0.3, -0.25) is 4.79 Å². The molecule has 0 radical (unpaired) electrons. The number of nitrogens with zero attached hydrogens (tertiary/aromatic N) is 3.